The number of amides is 1. The van der Waals surface area contributed by atoms with Crippen molar-refractivity contribution in [2.75, 3.05) is 0 Å². The van der Waals surface area contributed by atoms with Crippen molar-refractivity contribution >= 4 is 33.7 Å². The predicted octanol–water partition coefficient (Wildman–Crippen LogP) is 6.18. The molecule has 1 amide bonds. The van der Waals surface area contributed by atoms with Gasteiger partial charge in [-0.2, -0.15) is 5.10 Å². The van der Waals surface area contributed by atoms with Gasteiger partial charge in [0, 0.05) is 5.56 Å². The first-order chi connectivity index (χ1) is 17.1. The van der Waals surface area contributed by atoms with Crippen LogP contribution in [0.2, 0.25) is 0 Å². The van der Waals surface area contributed by atoms with Gasteiger partial charge in [0.05, 0.1) is 11.8 Å². The van der Waals surface area contributed by atoms with Crippen LogP contribution in [0.3, 0.4) is 0 Å². The van der Waals surface area contributed by atoms with E-state index in [1.165, 1.54) is 18.3 Å². The summed E-state index contributed by atoms with van der Waals surface area (Å²) in [6.07, 6.45) is 1.53. The Morgan fingerprint density at radius 3 is 2.34 bits per heavy atom. The first kappa shape index (κ1) is 22.1. The summed E-state index contributed by atoms with van der Waals surface area (Å²) in [6, 6.07) is 28.3. The number of ether oxygens (including phenoxy) is 1. The molecular formula is C29H21FN2O3. The van der Waals surface area contributed by atoms with E-state index in [0.29, 0.717) is 11.3 Å². The number of hydrazone groups is 1. The quantitative estimate of drug-likeness (QED) is 0.233. The summed E-state index contributed by atoms with van der Waals surface area (Å²) in [5.41, 5.74) is 4.14. The second kappa shape index (κ2) is 9.65. The fraction of sp³-hybridized carbons (Fsp3) is 0.0345. The molecule has 0 saturated heterocycles. The number of benzene rings is 5. The molecule has 0 atom stereocenters. The molecule has 0 saturated carbocycles. The van der Waals surface area contributed by atoms with E-state index in [2.05, 4.69) is 10.5 Å². The van der Waals surface area contributed by atoms with Crippen LogP contribution < -0.4 is 10.2 Å². The average molecular weight is 464 g/mol. The molecule has 0 fully saturated rings. The fourth-order valence-electron chi connectivity index (χ4n) is 3.90. The van der Waals surface area contributed by atoms with E-state index in [4.69, 9.17) is 4.74 Å². The highest BCUT2D eigenvalue weighted by atomic mass is 19.1. The van der Waals surface area contributed by atoms with Crippen molar-refractivity contribution in [1.82, 2.24) is 5.43 Å². The topological polar surface area (TPSA) is 70.9 Å². The third kappa shape index (κ3) is 4.82. The molecule has 172 valence electrons. The van der Waals surface area contributed by atoms with Crippen molar-refractivity contribution in [3.63, 3.8) is 0 Å². The van der Waals surface area contributed by atoms with E-state index in [1.807, 2.05) is 60.7 Å². The maximum absolute atomic E-state index is 13.2. The zero-order valence-electron chi connectivity index (χ0n) is 18.6. The lowest BCUT2D eigenvalue weighted by atomic mass is 10.0. The van der Waals surface area contributed by atoms with Gasteiger partial charge in [-0.3, -0.25) is 4.79 Å². The monoisotopic (exact) mass is 464 g/mol. The minimum absolute atomic E-state index is 0.120. The first-order valence-corrected chi connectivity index (χ1v) is 11.0. The molecule has 0 unspecified atom stereocenters. The number of rotatable bonds is 6. The Balaban J connectivity index is 1.40. The number of phenols is 1. The summed E-state index contributed by atoms with van der Waals surface area (Å²) >= 11 is 0. The van der Waals surface area contributed by atoms with E-state index in [1.54, 1.807) is 24.3 Å². The Morgan fingerprint density at radius 2 is 1.57 bits per heavy atom. The highest BCUT2D eigenvalue weighted by Gasteiger charge is 2.13. The standard InChI is InChI=1S/C29H21FN2O3/c30-23-12-9-19(10-13-23)18-35-28-14-11-20-5-3-4-8-24(20)26(28)17-31-32-29(34)25-15-21-6-1-2-7-22(21)16-27(25)33/h1-17,33H,18H2,(H,32,34)/b31-17-. The van der Waals surface area contributed by atoms with Gasteiger partial charge >= 0.3 is 0 Å². The van der Waals surface area contributed by atoms with Crippen LogP contribution in [0.25, 0.3) is 21.5 Å². The Labute approximate surface area is 201 Å². The van der Waals surface area contributed by atoms with Crippen molar-refractivity contribution in [1.29, 1.82) is 0 Å². The van der Waals surface area contributed by atoms with Gasteiger partial charge in [0.15, 0.2) is 0 Å². The van der Waals surface area contributed by atoms with Crippen molar-refractivity contribution in [3.05, 3.63) is 120 Å². The lowest BCUT2D eigenvalue weighted by Gasteiger charge is -2.12. The second-order valence-electron chi connectivity index (χ2n) is 8.03. The third-order valence-electron chi connectivity index (χ3n) is 5.71. The number of hydrogen-bond donors (Lipinski definition) is 2. The summed E-state index contributed by atoms with van der Waals surface area (Å²) in [6.45, 7) is 0.247. The molecule has 6 heteroatoms. The summed E-state index contributed by atoms with van der Waals surface area (Å²) < 4.78 is 19.2. The minimum Gasteiger partial charge on any atom is -0.507 e. The number of hydrogen-bond acceptors (Lipinski definition) is 4. The fourth-order valence-corrected chi connectivity index (χ4v) is 3.90. The summed E-state index contributed by atoms with van der Waals surface area (Å²) in [7, 11) is 0. The molecule has 2 N–H and O–H groups in total. The average Bonchev–Trinajstić information content (AvgIpc) is 2.88. The van der Waals surface area contributed by atoms with Crippen molar-refractivity contribution in [3.8, 4) is 11.5 Å². The first-order valence-electron chi connectivity index (χ1n) is 11.0. The minimum atomic E-state index is -0.529. The number of nitrogens with zero attached hydrogens (tertiary/aromatic N) is 1. The smallest absolute Gasteiger partial charge is 0.275 e. The van der Waals surface area contributed by atoms with E-state index < -0.39 is 5.91 Å². The molecule has 0 spiro atoms. The van der Waals surface area contributed by atoms with Gasteiger partial charge < -0.3 is 9.84 Å². The van der Waals surface area contributed by atoms with Crippen molar-refractivity contribution in [2.45, 2.75) is 6.61 Å². The number of nitrogens with one attached hydrogen (secondary N) is 1. The summed E-state index contributed by atoms with van der Waals surface area (Å²) in [4.78, 5) is 12.7. The maximum Gasteiger partial charge on any atom is 0.275 e. The lowest BCUT2D eigenvalue weighted by molar-refractivity contribution is 0.0952. The third-order valence-corrected chi connectivity index (χ3v) is 5.71. The van der Waals surface area contributed by atoms with E-state index >= 15 is 0 Å². The van der Waals surface area contributed by atoms with E-state index in [9.17, 15) is 14.3 Å². The largest absolute Gasteiger partial charge is 0.507 e. The molecule has 35 heavy (non-hydrogen) atoms. The van der Waals surface area contributed by atoms with Gasteiger partial charge in [0.1, 0.15) is 23.9 Å². The predicted molar refractivity (Wildman–Crippen MR) is 135 cm³/mol. The van der Waals surface area contributed by atoms with Crippen LogP contribution in [0, 0.1) is 5.82 Å². The normalized spacial score (nSPS) is 11.2. The summed E-state index contributed by atoms with van der Waals surface area (Å²) in [5, 5.41) is 18.0. The SMILES string of the molecule is O=C(N/N=C\c1c(OCc2ccc(F)cc2)ccc2ccccc12)c1cc2ccccc2cc1O. The number of aromatic hydroxyl groups is 1. The number of halogens is 1. The molecule has 0 aliphatic heterocycles. The zero-order chi connectivity index (χ0) is 24.2. The van der Waals surface area contributed by atoms with Crippen LogP contribution in [-0.2, 0) is 6.61 Å². The number of fused-ring (bicyclic) bond motifs is 2. The molecule has 5 nitrogen and oxygen atoms in total. The molecule has 0 aliphatic rings. The Kier molecular flexibility index (Phi) is 6.09. The molecule has 0 bridgehead atoms. The molecule has 0 heterocycles. The molecule has 5 aromatic carbocycles. The molecule has 5 rings (SSSR count). The van der Waals surface area contributed by atoms with Gasteiger partial charge in [-0.25, -0.2) is 9.82 Å². The number of phenolic OH excluding ortho intramolecular Hbond substituents is 1. The van der Waals surface area contributed by atoms with Crippen LogP contribution in [-0.4, -0.2) is 17.2 Å². The highest BCUT2D eigenvalue weighted by Crippen LogP contribution is 2.28. The van der Waals surface area contributed by atoms with Gasteiger partial charge in [0.2, 0.25) is 0 Å². The van der Waals surface area contributed by atoms with Gasteiger partial charge in [0.25, 0.3) is 5.91 Å². The van der Waals surface area contributed by atoms with E-state index in [-0.39, 0.29) is 23.7 Å². The Bertz CT molecular complexity index is 1560. The van der Waals surface area contributed by atoms with Crippen LogP contribution >= 0.6 is 0 Å². The molecule has 5 aromatic rings. The number of carbonyl (C=O) groups is 1. The van der Waals surface area contributed by atoms with Gasteiger partial charge in [-0.05, 0) is 57.4 Å². The van der Waals surface area contributed by atoms with Crippen LogP contribution in [0.1, 0.15) is 21.5 Å². The van der Waals surface area contributed by atoms with Crippen LogP contribution in [0.4, 0.5) is 4.39 Å². The number of carbonyl (C=O) groups excluding carboxylic acids is 1. The summed E-state index contributed by atoms with van der Waals surface area (Å²) in [5.74, 6) is -0.386. The van der Waals surface area contributed by atoms with Crippen molar-refractivity contribution in [2.24, 2.45) is 5.10 Å². The Morgan fingerprint density at radius 1 is 0.886 bits per heavy atom. The lowest BCUT2D eigenvalue weighted by Crippen LogP contribution is -2.17. The molecule has 0 aromatic heterocycles. The van der Waals surface area contributed by atoms with Gasteiger partial charge in [-0.1, -0.05) is 66.7 Å². The van der Waals surface area contributed by atoms with Crippen LogP contribution in [0.5, 0.6) is 11.5 Å². The Hall–Kier alpha value is -4.71. The van der Waals surface area contributed by atoms with Crippen molar-refractivity contribution < 1.29 is 19.0 Å². The van der Waals surface area contributed by atoms with E-state index in [0.717, 1.165) is 27.1 Å². The highest BCUT2D eigenvalue weighted by molar-refractivity contribution is 6.04. The van der Waals surface area contributed by atoms with Crippen LogP contribution in [0.15, 0.2) is 102 Å². The zero-order valence-corrected chi connectivity index (χ0v) is 18.6. The molecular weight excluding hydrogens is 443 g/mol. The molecule has 0 aliphatic carbocycles. The maximum atomic E-state index is 13.2. The second-order valence-corrected chi connectivity index (χ2v) is 8.03. The van der Waals surface area contributed by atoms with Gasteiger partial charge in [-0.15, -0.1) is 0 Å². The molecule has 0 radical (unpaired) electrons.